The molecule has 7 rings (SSSR count). The zero-order valence-corrected chi connectivity index (χ0v) is 28.2. The largest absolute Gasteiger partial charge is 0.492 e. The van der Waals surface area contributed by atoms with Crippen molar-refractivity contribution in [2.24, 2.45) is 0 Å². The number of piperidine rings is 1. The summed E-state index contributed by atoms with van der Waals surface area (Å²) >= 11 is 1.37. The Morgan fingerprint density at radius 2 is 1.24 bits per heavy atom. The summed E-state index contributed by atoms with van der Waals surface area (Å²) in [6.07, 6.45) is 3.76. The highest BCUT2D eigenvalue weighted by Gasteiger charge is 2.25. The summed E-state index contributed by atoms with van der Waals surface area (Å²) < 4.78 is 18.4. The van der Waals surface area contributed by atoms with Gasteiger partial charge in [0.1, 0.15) is 23.9 Å². The zero-order valence-electron chi connectivity index (χ0n) is 27.4. The number of esters is 2. The first-order valence-corrected chi connectivity index (χ1v) is 17.6. The molecule has 1 aliphatic rings. The molecule has 8 heteroatoms. The summed E-state index contributed by atoms with van der Waals surface area (Å²) in [6, 6.07) is 37.2. The standard InChI is InChI=1S/C42H35NO6S/c44-39(29-18-20-32(21-19-29)47-27-26-43-24-10-3-11-25-43)38-35-23-22-33(48-41(45)30-12-4-1-5-13-30)28-37(35)50-40(38)34-16-8-9-17-36(34)49-42(46)31-14-6-2-7-15-31/h1-2,4-9,12-23,28H,3,10-11,24-27H2. The minimum atomic E-state index is -0.502. The predicted molar refractivity (Wildman–Crippen MR) is 196 cm³/mol. The summed E-state index contributed by atoms with van der Waals surface area (Å²) in [4.78, 5) is 43.4. The van der Waals surface area contributed by atoms with Gasteiger partial charge < -0.3 is 14.2 Å². The van der Waals surface area contributed by atoms with Crippen LogP contribution in [0.5, 0.6) is 17.2 Å². The molecule has 2 heterocycles. The highest BCUT2D eigenvalue weighted by atomic mass is 32.1. The summed E-state index contributed by atoms with van der Waals surface area (Å²) in [5.74, 6) is 0.219. The molecule has 0 bridgehead atoms. The monoisotopic (exact) mass is 681 g/mol. The molecule has 0 unspecified atom stereocenters. The van der Waals surface area contributed by atoms with Gasteiger partial charge in [0.15, 0.2) is 5.78 Å². The maximum atomic E-state index is 14.4. The van der Waals surface area contributed by atoms with E-state index in [0.717, 1.165) is 24.3 Å². The van der Waals surface area contributed by atoms with Gasteiger partial charge in [0.05, 0.1) is 16.0 Å². The van der Waals surface area contributed by atoms with E-state index in [1.807, 2.05) is 36.4 Å². The third-order valence-corrected chi connectivity index (χ3v) is 9.88. The van der Waals surface area contributed by atoms with Crippen molar-refractivity contribution >= 4 is 39.1 Å². The van der Waals surface area contributed by atoms with Crippen LogP contribution < -0.4 is 14.2 Å². The van der Waals surface area contributed by atoms with E-state index in [9.17, 15) is 14.4 Å². The number of hydrogen-bond acceptors (Lipinski definition) is 8. The number of likely N-dealkylation sites (tertiary alicyclic amines) is 1. The molecule has 1 aromatic heterocycles. The Hall–Kier alpha value is -5.57. The number of carbonyl (C=O) groups is 3. The van der Waals surface area contributed by atoms with Gasteiger partial charge in [0, 0.05) is 33.3 Å². The molecule has 0 amide bonds. The van der Waals surface area contributed by atoms with E-state index in [1.54, 1.807) is 91.0 Å². The van der Waals surface area contributed by atoms with Gasteiger partial charge >= 0.3 is 11.9 Å². The Balaban J connectivity index is 1.21. The molecule has 50 heavy (non-hydrogen) atoms. The molecule has 0 saturated carbocycles. The molecule has 1 fully saturated rings. The molecule has 0 atom stereocenters. The summed E-state index contributed by atoms with van der Waals surface area (Å²) in [7, 11) is 0. The van der Waals surface area contributed by atoms with Crippen molar-refractivity contribution in [1.29, 1.82) is 0 Å². The van der Waals surface area contributed by atoms with Crippen molar-refractivity contribution in [3.63, 3.8) is 0 Å². The zero-order chi connectivity index (χ0) is 34.3. The van der Waals surface area contributed by atoms with E-state index in [-0.39, 0.29) is 5.78 Å². The Bertz CT molecular complexity index is 2120. The first-order valence-electron chi connectivity index (χ1n) is 16.7. The molecule has 0 spiro atoms. The topological polar surface area (TPSA) is 82.1 Å². The Morgan fingerprint density at radius 3 is 1.94 bits per heavy atom. The summed E-state index contributed by atoms with van der Waals surface area (Å²) in [5, 5.41) is 0.695. The predicted octanol–water partition coefficient (Wildman–Crippen LogP) is 9.10. The van der Waals surface area contributed by atoms with Crippen LogP contribution in [0.25, 0.3) is 20.5 Å². The van der Waals surface area contributed by atoms with E-state index >= 15 is 0 Å². The van der Waals surface area contributed by atoms with Gasteiger partial charge in [-0.05, 0) is 105 Å². The number of ketones is 1. The number of fused-ring (bicyclic) bond motifs is 1. The van der Waals surface area contributed by atoms with Crippen LogP contribution in [0, 0.1) is 0 Å². The molecule has 6 aromatic rings. The van der Waals surface area contributed by atoms with Crippen LogP contribution in [0.3, 0.4) is 0 Å². The van der Waals surface area contributed by atoms with Gasteiger partial charge in [-0.25, -0.2) is 9.59 Å². The van der Waals surface area contributed by atoms with Crippen molar-refractivity contribution in [1.82, 2.24) is 4.90 Å². The van der Waals surface area contributed by atoms with Gasteiger partial charge in [0.25, 0.3) is 0 Å². The number of ether oxygens (including phenoxy) is 3. The Morgan fingerprint density at radius 1 is 0.620 bits per heavy atom. The lowest BCUT2D eigenvalue weighted by molar-refractivity contribution is 0.0725. The van der Waals surface area contributed by atoms with Crippen molar-refractivity contribution in [3.05, 3.63) is 150 Å². The third kappa shape index (κ3) is 7.52. The molecule has 0 N–H and O–H groups in total. The Labute approximate surface area is 294 Å². The molecular weight excluding hydrogens is 647 g/mol. The summed E-state index contributed by atoms with van der Waals surface area (Å²) in [6.45, 7) is 3.68. The number of para-hydroxylation sites is 1. The molecule has 7 nitrogen and oxygen atoms in total. The van der Waals surface area contributed by atoms with Crippen LogP contribution in [0.15, 0.2) is 127 Å². The van der Waals surface area contributed by atoms with Gasteiger partial charge in [-0.3, -0.25) is 9.69 Å². The maximum absolute atomic E-state index is 14.4. The number of hydrogen-bond donors (Lipinski definition) is 0. The van der Waals surface area contributed by atoms with Gasteiger partial charge in [-0.15, -0.1) is 11.3 Å². The van der Waals surface area contributed by atoms with Crippen LogP contribution in [0.2, 0.25) is 0 Å². The van der Waals surface area contributed by atoms with Gasteiger partial charge in [-0.1, -0.05) is 55.0 Å². The lowest BCUT2D eigenvalue weighted by Crippen LogP contribution is -2.33. The number of carbonyl (C=O) groups excluding carboxylic acids is 3. The smallest absolute Gasteiger partial charge is 0.343 e. The fourth-order valence-corrected chi connectivity index (χ4v) is 7.35. The average Bonchev–Trinajstić information content (AvgIpc) is 3.54. The molecule has 1 aliphatic heterocycles. The number of nitrogens with zero attached hydrogens (tertiary/aromatic N) is 1. The van der Waals surface area contributed by atoms with Crippen LogP contribution >= 0.6 is 11.3 Å². The van der Waals surface area contributed by atoms with Crippen molar-refractivity contribution in [2.75, 3.05) is 26.2 Å². The van der Waals surface area contributed by atoms with Crippen LogP contribution in [-0.4, -0.2) is 48.9 Å². The van der Waals surface area contributed by atoms with E-state index in [0.29, 0.717) is 61.9 Å². The highest BCUT2D eigenvalue weighted by molar-refractivity contribution is 7.22. The van der Waals surface area contributed by atoms with Crippen molar-refractivity contribution < 1.29 is 28.6 Å². The first-order chi connectivity index (χ1) is 24.5. The number of rotatable bonds is 11. The minimum absolute atomic E-state index is 0.190. The first kappa shape index (κ1) is 33.0. The van der Waals surface area contributed by atoms with E-state index in [4.69, 9.17) is 14.2 Å². The average molecular weight is 682 g/mol. The third-order valence-electron chi connectivity index (χ3n) is 8.69. The SMILES string of the molecule is O=C(Oc1ccc2c(C(=O)c3ccc(OCCN4CCCCC4)cc3)c(-c3ccccc3OC(=O)c3ccccc3)sc2c1)c1ccccc1. The second-order valence-corrected chi connectivity index (χ2v) is 13.1. The second kappa shape index (κ2) is 15.3. The number of thiophene rings is 1. The maximum Gasteiger partial charge on any atom is 0.343 e. The molecule has 250 valence electrons. The fraction of sp³-hybridized carbons (Fsp3) is 0.167. The van der Waals surface area contributed by atoms with Gasteiger partial charge in [-0.2, -0.15) is 0 Å². The molecule has 1 saturated heterocycles. The molecular formula is C42H35NO6S. The summed E-state index contributed by atoms with van der Waals surface area (Å²) in [5.41, 5.74) is 2.41. The van der Waals surface area contributed by atoms with Crippen molar-refractivity contribution in [2.45, 2.75) is 19.3 Å². The van der Waals surface area contributed by atoms with E-state index in [2.05, 4.69) is 4.90 Å². The lowest BCUT2D eigenvalue weighted by atomic mass is 9.97. The molecule has 0 aliphatic carbocycles. The van der Waals surface area contributed by atoms with Gasteiger partial charge in [0.2, 0.25) is 0 Å². The van der Waals surface area contributed by atoms with Crippen LogP contribution in [0.1, 0.15) is 55.9 Å². The molecule has 5 aromatic carbocycles. The van der Waals surface area contributed by atoms with E-state index in [1.165, 1.54) is 30.6 Å². The normalized spacial score (nSPS) is 13.1. The lowest BCUT2D eigenvalue weighted by Gasteiger charge is -2.26. The second-order valence-electron chi connectivity index (χ2n) is 12.1. The van der Waals surface area contributed by atoms with Crippen LogP contribution in [-0.2, 0) is 0 Å². The van der Waals surface area contributed by atoms with Crippen LogP contribution in [0.4, 0.5) is 0 Å². The fourth-order valence-electron chi connectivity index (χ4n) is 6.09. The Kier molecular flexibility index (Phi) is 10.1. The quantitative estimate of drug-likeness (QED) is 0.0767. The number of benzene rings is 5. The molecule has 0 radical (unpaired) electrons. The minimum Gasteiger partial charge on any atom is -0.492 e. The van der Waals surface area contributed by atoms with E-state index < -0.39 is 11.9 Å². The highest BCUT2D eigenvalue weighted by Crippen LogP contribution is 2.44. The van der Waals surface area contributed by atoms with Crippen molar-refractivity contribution in [3.8, 4) is 27.7 Å².